The first-order chi connectivity index (χ1) is 40.4. The standard InChI is InChI=1S/C78H78GeN4OSi/c1-75(2,3)52-38-39-80-71(45-52)83-67-35-25-32-63-72(67)73-64(79(63)61-30-18-22-36-69(61)85(13,14)70-37-23-19-31-62(70)79)47-58(48-68(73)83)84-57-29-24-28-56(46-57)81-49-82(66-34-21-20-33-65(66)81)74-59(50-26-16-15-17-27-50)43-55(78(10,11)12)44-60(74)51-40-53(76(4,5)6)42-54(41-51)77(7,8)9/h15-48H,49H2,1-14H3. The quantitative estimate of drug-likeness (QED) is 0.149. The van der Waals surface area contributed by atoms with Gasteiger partial charge in [-0.05, 0) is 56.2 Å². The van der Waals surface area contributed by atoms with Crippen molar-refractivity contribution < 1.29 is 4.74 Å². The van der Waals surface area contributed by atoms with E-state index in [9.17, 15) is 0 Å². The molecule has 11 aromatic rings. The molecule has 5 nitrogen and oxygen atoms in total. The molecule has 3 aliphatic rings. The number of fused-ring (bicyclic) bond motifs is 7. The van der Waals surface area contributed by atoms with Crippen LogP contribution in [0.3, 0.4) is 0 Å². The topological polar surface area (TPSA) is 33.5 Å². The van der Waals surface area contributed by atoms with Crippen molar-refractivity contribution in [1.29, 1.82) is 0 Å². The van der Waals surface area contributed by atoms with Gasteiger partial charge in [0.25, 0.3) is 0 Å². The van der Waals surface area contributed by atoms with Crippen LogP contribution in [0.25, 0.3) is 49.9 Å². The van der Waals surface area contributed by atoms with Crippen molar-refractivity contribution in [3.8, 4) is 39.6 Å². The van der Waals surface area contributed by atoms with E-state index < -0.39 is 21.3 Å². The first-order valence-electron chi connectivity index (χ1n) is 30.5. The van der Waals surface area contributed by atoms with E-state index in [0.717, 1.165) is 34.2 Å². The number of pyridine rings is 1. The van der Waals surface area contributed by atoms with E-state index in [2.05, 4.69) is 311 Å². The summed E-state index contributed by atoms with van der Waals surface area (Å²) in [6.07, 6.45) is 1.99. The minimum atomic E-state index is -3.74. The molecule has 0 unspecified atom stereocenters. The molecule has 0 saturated carbocycles. The normalized spacial score (nSPS) is 15.0. The zero-order valence-electron chi connectivity index (χ0n) is 52.0. The fourth-order valence-electron chi connectivity index (χ4n) is 14.3. The first-order valence-corrected chi connectivity index (χ1v) is 37.7. The van der Waals surface area contributed by atoms with Gasteiger partial charge in [-0.25, -0.2) is 0 Å². The largest absolute Gasteiger partial charge is 0.0561 e. The van der Waals surface area contributed by atoms with Crippen molar-refractivity contribution in [2.24, 2.45) is 0 Å². The number of anilines is 4. The maximum Gasteiger partial charge on any atom is -0.0132 e. The minimum Gasteiger partial charge on any atom is -0.0561 e. The summed E-state index contributed by atoms with van der Waals surface area (Å²) in [5.41, 5.74) is 16.8. The summed E-state index contributed by atoms with van der Waals surface area (Å²) in [5, 5.41) is 5.85. The number of para-hydroxylation sites is 2. The average molecular weight is 1190 g/mol. The zero-order chi connectivity index (χ0) is 59.3. The van der Waals surface area contributed by atoms with Crippen LogP contribution in [0.2, 0.25) is 13.1 Å². The maximum atomic E-state index is 7.47. The number of benzene rings is 9. The van der Waals surface area contributed by atoms with Gasteiger partial charge in [0.05, 0.1) is 0 Å². The molecular weight excluding hydrogens is 1110 g/mol. The Labute approximate surface area is 507 Å². The average Bonchev–Trinajstić information content (AvgIpc) is 1.54. The summed E-state index contributed by atoms with van der Waals surface area (Å²) in [4.78, 5) is 10.2. The molecule has 3 aliphatic heterocycles. The van der Waals surface area contributed by atoms with Crippen LogP contribution in [0.5, 0.6) is 11.5 Å². The molecular formula is C78H78GeN4OSi. The van der Waals surface area contributed by atoms with Gasteiger partial charge in [0.1, 0.15) is 0 Å². The number of ether oxygens (including phenoxy) is 1. The molecule has 14 rings (SSSR count). The van der Waals surface area contributed by atoms with Crippen LogP contribution in [-0.2, 0) is 21.7 Å². The van der Waals surface area contributed by atoms with Crippen molar-refractivity contribution in [3.63, 3.8) is 0 Å². The monoisotopic (exact) mass is 1190 g/mol. The van der Waals surface area contributed by atoms with E-state index in [1.165, 1.54) is 81.0 Å². The molecule has 7 heteroatoms. The summed E-state index contributed by atoms with van der Waals surface area (Å²) in [6, 6.07) is 76.6. The maximum absolute atomic E-state index is 7.47. The molecule has 0 N–H and O–H groups in total. The molecule has 0 radical (unpaired) electrons. The van der Waals surface area contributed by atoms with Crippen LogP contribution in [0.15, 0.2) is 206 Å². The van der Waals surface area contributed by atoms with Crippen molar-refractivity contribution in [1.82, 2.24) is 9.55 Å². The smallest absolute Gasteiger partial charge is 0.0132 e. The van der Waals surface area contributed by atoms with Gasteiger partial charge in [-0.2, -0.15) is 0 Å². The molecule has 0 bridgehead atoms. The molecule has 424 valence electrons. The molecule has 1 spiro atoms. The number of rotatable bonds is 7. The van der Waals surface area contributed by atoms with Gasteiger partial charge in [-0.1, -0.05) is 111 Å². The summed E-state index contributed by atoms with van der Waals surface area (Å²) in [5.74, 6) is 2.56. The molecule has 0 amide bonds. The fraction of sp³-hybridized carbons (Fsp3) is 0.244. The third kappa shape index (κ3) is 8.70. The van der Waals surface area contributed by atoms with Crippen molar-refractivity contribution in [2.75, 3.05) is 16.5 Å². The summed E-state index contributed by atoms with van der Waals surface area (Å²) in [6.45, 7) is 33.7. The van der Waals surface area contributed by atoms with Crippen molar-refractivity contribution in [2.45, 2.75) is 118 Å². The number of aromatic nitrogens is 2. The Balaban J connectivity index is 0.944. The van der Waals surface area contributed by atoms with E-state index in [-0.39, 0.29) is 21.7 Å². The first kappa shape index (κ1) is 55.0. The number of hydrogen-bond acceptors (Lipinski definition) is 4. The zero-order valence-corrected chi connectivity index (χ0v) is 55.1. The Kier molecular flexibility index (Phi) is 12.5. The van der Waals surface area contributed by atoms with E-state index in [1.54, 1.807) is 19.2 Å². The van der Waals surface area contributed by atoms with Crippen molar-refractivity contribution >= 4 is 93.9 Å². The van der Waals surface area contributed by atoms with Crippen LogP contribution >= 0.6 is 0 Å². The van der Waals surface area contributed by atoms with Gasteiger partial charge >= 0.3 is 344 Å². The second-order valence-electron chi connectivity index (χ2n) is 28.9. The number of hydrogen-bond donors (Lipinski definition) is 0. The minimum absolute atomic E-state index is 0.0555. The molecule has 0 atom stereocenters. The second-order valence-corrected chi connectivity index (χ2v) is 40.9. The Morgan fingerprint density at radius 1 is 0.424 bits per heavy atom. The van der Waals surface area contributed by atoms with Gasteiger partial charge in [0.15, 0.2) is 0 Å². The van der Waals surface area contributed by atoms with E-state index in [4.69, 9.17) is 9.72 Å². The third-order valence-corrected chi connectivity index (χ3v) is 33.9. The second kappa shape index (κ2) is 19.3. The third-order valence-electron chi connectivity index (χ3n) is 18.9. The molecule has 0 aliphatic carbocycles. The molecule has 5 heterocycles. The van der Waals surface area contributed by atoms with Gasteiger partial charge < -0.3 is 0 Å². The van der Waals surface area contributed by atoms with E-state index >= 15 is 0 Å². The van der Waals surface area contributed by atoms with Crippen LogP contribution < -0.4 is 42.5 Å². The predicted molar refractivity (Wildman–Crippen MR) is 367 cm³/mol. The van der Waals surface area contributed by atoms with Gasteiger partial charge in [0.2, 0.25) is 0 Å². The van der Waals surface area contributed by atoms with E-state index in [0.29, 0.717) is 6.67 Å². The van der Waals surface area contributed by atoms with Crippen LogP contribution in [0.1, 0.15) is 105 Å². The Morgan fingerprint density at radius 3 is 1.60 bits per heavy atom. The van der Waals surface area contributed by atoms with Crippen LogP contribution in [0.4, 0.5) is 22.7 Å². The Morgan fingerprint density at radius 2 is 0.965 bits per heavy atom. The summed E-state index contributed by atoms with van der Waals surface area (Å²) < 4.78 is 16.0. The summed E-state index contributed by atoms with van der Waals surface area (Å²) >= 11 is -3.74. The van der Waals surface area contributed by atoms with Gasteiger partial charge in [-0.3, -0.25) is 0 Å². The SMILES string of the molecule is CC(C)(C)c1cc(-c2cc(C(C)(C)C)cc(-c3ccccc3)c2N2CN(c3cccc(Oc4c[c]5c6c7[c](cccc7n(-c7cc(C(C)(C)C)ccn7)c6c4)[Ge]54[c]5ccccc5[Si](C)(C)c5cccc[c]54)c3)c3ccccc32)cc(C(C)(C)C)c1. The molecule has 0 fully saturated rings. The van der Waals surface area contributed by atoms with Crippen LogP contribution in [0, 0.1) is 0 Å². The molecule has 9 aromatic carbocycles. The van der Waals surface area contributed by atoms with Crippen LogP contribution in [-0.4, -0.2) is 37.6 Å². The van der Waals surface area contributed by atoms with Crippen molar-refractivity contribution in [3.05, 3.63) is 229 Å². The summed E-state index contributed by atoms with van der Waals surface area (Å²) in [7, 11) is -2.09. The van der Waals surface area contributed by atoms with Gasteiger partial charge in [0, 0.05) is 0 Å². The molecule has 2 aromatic heterocycles. The Hall–Kier alpha value is -7.91. The van der Waals surface area contributed by atoms with Gasteiger partial charge in [-0.15, -0.1) is 0 Å². The fourth-order valence-corrected chi connectivity index (χ4v) is 34.3. The Bertz CT molecular complexity index is 4440. The molecule has 85 heavy (non-hydrogen) atoms. The number of nitrogens with zero attached hydrogens (tertiary/aromatic N) is 4. The predicted octanol–water partition coefficient (Wildman–Crippen LogP) is 16.6. The van der Waals surface area contributed by atoms with E-state index in [1.807, 2.05) is 6.20 Å². The molecule has 0 saturated heterocycles.